The Balaban J connectivity index is 2.16. The van der Waals surface area contributed by atoms with Crippen molar-refractivity contribution in [2.75, 3.05) is 5.32 Å². The molecule has 2 aromatic rings. The SMILES string of the molecule is Cc1cccc(NC(=O)C=Cc2ccco2)c1C(=O)O. The van der Waals surface area contributed by atoms with Gasteiger partial charge in [0, 0.05) is 6.08 Å². The molecule has 1 heterocycles. The number of carbonyl (C=O) groups is 2. The largest absolute Gasteiger partial charge is 0.478 e. The fourth-order valence-electron chi connectivity index (χ4n) is 1.77. The van der Waals surface area contributed by atoms with Gasteiger partial charge in [-0.15, -0.1) is 0 Å². The molecule has 5 nitrogen and oxygen atoms in total. The summed E-state index contributed by atoms with van der Waals surface area (Å²) in [6, 6.07) is 8.33. The van der Waals surface area contributed by atoms with Crippen LogP contribution in [-0.4, -0.2) is 17.0 Å². The van der Waals surface area contributed by atoms with E-state index in [4.69, 9.17) is 9.52 Å². The lowest BCUT2D eigenvalue weighted by atomic mass is 10.1. The third-order valence-electron chi connectivity index (χ3n) is 2.69. The zero-order valence-corrected chi connectivity index (χ0v) is 10.8. The van der Waals surface area contributed by atoms with Crippen molar-refractivity contribution in [3.8, 4) is 0 Å². The molecule has 1 amide bonds. The molecule has 0 aliphatic rings. The minimum absolute atomic E-state index is 0.0900. The molecule has 0 aliphatic carbocycles. The molecule has 0 spiro atoms. The number of amides is 1. The van der Waals surface area contributed by atoms with E-state index >= 15 is 0 Å². The van der Waals surface area contributed by atoms with E-state index in [1.807, 2.05) is 0 Å². The Hall–Kier alpha value is -2.82. The smallest absolute Gasteiger partial charge is 0.338 e. The lowest BCUT2D eigenvalue weighted by Gasteiger charge is -2.08. The Kier molecular flexibility index (Phi) is 4.00. The van der Waals surface area contributed by atoms with E-state index in [0.29, 0.717) is 11.3 Å². The quantitative estimate of drug-likeness (QED) is 0.838. The number of carboxylic acids is 1. The predicted octanol–water partition coefficient (Wildman–Crippen LogP) is 2.94. The molecule has 0 saturated carbocycles. The second-order valence-corrected chi connectivity index (χ2v) is 4.14. The Bertz CT molecular complexity index is 657. The summed E-state index contributed by atoms with van der Waals surface area (Å²) in [6.45, 7) is 1.68. The molecule has 5 heteroatoms. The van der Waals surface area contributed by atoms with Crippen LogP contribution in [0, 0.1) is 6.92 Å². The van der Waals surface area contributed by atoms with Crippen molar-refractivity contribution in [1.82, 2.24) is 0 Å². The normalized spacial score (nSPS) is 10.7. The molecule has 0 unspecified atom stereocenters. The van der Waals surface area contributed by atoms with Gasteiger partial charge in [0.1, 0.15) is 5.76 Å². The maximum absolute atomic E-state index is 11.8. The summed E-state index contributed by atoms with van der Waals surface area (Å²) < 4.78 is 5.05. The number of rotatable bonds is 4. The van der Waals surface area contributed by atoms with Crippen molar-refractivity contribution in [1.29, 1.82) is 0 Å². The third-order valence-corrected chi connectivity index (χ3v) is 2.69. The average Bonchev–Trinajstić information content (AvgIpc) is 2.89. The van der Waals surface area contributed by atoms with Crippen molar-refractivity contribution in [2.45, 2.75) is 6.92 Å². The summed E-state index contributed by atoms with van der Waals surface area (Å²) >= 11 is 0. The van der Waals surface area contributed by atoms with Crippen LogP contribution in [-0.2, 0) is 4.79 Å². The summed E-state index contributed by atoms with van der Waals surface area (Å²) in [7, 11) is 0. The molecule has 0 aliphatic heterocycles. The first-order valence-electron chi connectivity index (χ1n) is 5.93. The van der Waals surface area contributed by atoms with E-state index in [1.165, 1.54) is 18.4 Å². The molecule has 20 heavy (non-hydrogen) atoms. The summed E-state index contributed by atoms with van der Waals surface area (Å²) in [5, 5.41) is 11.7. The number of benzene rings is 1. The maximum Gasteiger partial charge on any atom is 0.338 e. The van der Waals surface area contributed by atoms with Crippen molar-refractivity contribution < 1.29 is 19.1 Å². The molecule has 0 atom stereocenters. The number of hydrogen-bond donors (Lipinski definition) is 2. The summed E-state index contributed by atoms with van der Waals surface area (Å²) in [6.07, 6.45) is 4.29. The number of carboxylic acid groups (broad SMARTS) is 1. The highest BCUT2D eigenvalue weighted by molar-refractivity contribution is 6.06. The molecular formula is C15H13NO4. The monoisotopic (exact) mass is 271 g/mol. The molecule has 2 rings (SSSR count). The first kappa shape index (κ1) is 13.6. The number of aryl methyl sites for hydroxylation is 1. The van der Waals surface area contributed by atoms with Crippen LogP contribution in [0.15, 0.2) is 47.1 Å². The van der Waals surface area contributed by atoms with Gasteiger partial charge in [0.05, 0.1) is 17.5 Å². The second-order valence-electron chi connectivity index (χ2n) is 4.14. The maximum atomic E-state index is 11.8. The number of carbonyl (C=O) groups excluding carboxylic acids is 1. The minimum Gasteiger partial charge on any atom is -0.478 e. The number of furan rings is 1. The Labute approximate surface area is 115 Å². The van der Waals surface area contributed by atoms with E-state index in [1.54, 1.807) is 37.3 Å². The molecule has 0 bridgehead atoms. The van der Waals surface area contributed by atoms with E-state index < -0.39 is 11.9 Å². The summed E-state index contributed by atoms with van der Waals surface area (Å²) in [5.41, 5.74) is 0.948. The standard InChI is InChI=1S/C15H13NO4/c1-10-4-2-6-12(14(10)15(18)19)16-13(17)8-7-11-5-3-9-20-11/h2-9H,1H3,(H,16,17)(H,18,19). The molecule has 102 valence electrons. The number of nitrogens with one attached hydrogen (secondary N) is 1. The van der Waals surface area contributed by atoms with Crippen LogP contribution >= 0.6 is 0 Å². The molecule has 1 aromatic carbocycles. The van der Waals surface area contributed by atoms with Gasteiger partial charge in [-0.25, -0.2) is 4.79 Å². The van der Waals surface area contributed by atoms with E-state index in [0.717, 1.165) is 0 Å². The number of anilines is 1. The molecule has 0 saturated heterocycles. The molecule has 0 fully saturated rings. The topological polar surface area (TPSA) is 79.5 Å². The van der Waals surface area contributed by atoms with Crippen LogP contribution in [0.3, 0.4) is 0 Å². The second kappa shape index (κ2) is 5.88. The fraction of sp³-hybridized carbons (Fsp3) is 0.0667. The van der Waals surface area contributed by atoms with Crippen LogP contribution in [0.5, 0.6) is 0 Å². The van der Waals surface area contributed by atoms with Gasteiger partial charge in [0.2, 0.25) is 5.91 Å². The van der Waals surface area contributed by atoms with E-state index in [-0.39, 0.29) is 11.3 Å². The Morgan fingerprint density at radius 2 is 2.05 bits per heavy atom. The third kappa shape index (κ3) is 3.14. The van der Waals surface area contributed by atoms with Crippen molar-refractivity contribution >= 4 is 23.6 Å². The van der Waals surface area contributed by atoms with Crippen LogP contribution < -0.4 is 5.32 Å². The Morgan fingerprint density at radius 3 is 2.70 bits per heavy atom. The zero-order chi connectivity index (χ0) is 14.5. The van der Waals surface area contributed by atoms with Crippen LogP contribution in [0.1, 0.15) is 21.7 Å². The summed E-state index contributed by atoms with van der Waals surface area (Å²) in [4.78, 5) is 22.9. The van der Waals surface area contributed by atoms with Crippen LogP contribution in [0.4, 0.5) is 5.69 Å². The van der Waals surface area contributed by atoms with E-state index in [2.05, 4.69) is 5.32 Å². The minimum atomic E-state index is -1.08. The zero-order valence-electron chi connectivity index (χ0n) is 10.8. The lowest BCUT2D eigenvalue weighted by molar-refractivity contribution is -0.111. The van der Waals surface area contributed by atoms with Crippen molar-refractivity contribution in [3.05, 3.63) is 59.6 Å². The fourth-order valence-corrected chi connectivity index (χ4v) is 1.77. The molecule has 2 N–H and O–H groups in total. The lowest BCUT2D eigenvalue weighted by Crippen LogP contribution is -2.13. The molecular weight excluding hydrogens is 258 g/mol. The van der Waals surface area contributed by atoms with E-state index in [9.17, 15) is 9.59 Å². The van der Waals surface area contributed by atoms with Gasteiger partial charge in [-0.3, -0.25) is 4.79 Å². The first-order chi connectivity index (χ1) is 9.58. The Morgan fingerprint density at radius 1 is 1.25 bits per heavy atom. The van der Waals surface area contributed by atoms with Crippen molar-refractivity contribution in [2.24, 2.45) is 0 Å². The van der Waals surface area contributed by atoms with Crippen molar-refractivity contribution in [3.63, 3.8) is 0 Å². The van der Waals surface area contributed by atoms with Gasteiger partial charge in [-0.1, -0.05) is 12.1 Å². The highest BCUT2D eigenvalue weighted by atomic mass is 16.4. The van der Waals surface area contributed by atoms with Crippen LogP contribution in [0.25, 0.3) is 6.08 Å². The van der Waals surface area contributed by atoms with Gasteiger partial charge >= 0.3 is 5.97 Å². The summed E-state index contributed by atoms with van der Waals surface area (Å²) in [5.74, 6) is -0.953. The highest BCUT2D eigenvalue weighted by Gasteiger charge is 2.13. The average molecular weight is 271 g/mol. The van der Waals surface area contributed by atoms with Gasteiger partial charge in [0.15, 0.2) is 0 Å². The van der Waals surface area contributed by atoms with Gasteiger partial charge in [0.25, 0.3) is 0 Å². The van der Waals surface area contributed by atoms with Gasteiger partial charge < -0.3 is 14.8 Å². The van der Waals surface area contributed by atoms with Gasteiger partial charge in [-0.05, 0) is 36.8 Å². The first-order valence-corrected chi connectivity index (χ1v) is 5.93. The number of hydrogen-bond acceptors (Lipinski definition) is 3. The highest BCUT2D eigenvalue weighted by Crippen LogP contribution is 2.19. The number of aromatic carboxylic acids is 1. The predicted molar refractivity (Wildman–Crippen MR) is 74.5 cm³/mol. The molecule has 0 radical (unpaired) electrons. The van der Waals surface area contributed by atoms with Crippen LogP contribution in [0.2, 0.25) is 0 Å². The molecule has 1 aromatic heterocycles. The van der Waals surface area contributed by atoms with Gasteiger partial charge in [-0.2, -0.15) is 0 Å².